The van der Waals surface area contributed by atoms with E-state index in [1.807, 2.05) is 12.1 Å². The summed E-state index contributed by atoms with van der Waals surface area (Å²) in [5.74, 6) is -1.17. The molecule has 0 fully saturated rings. The van der Waals surface area contributed by atoms with Crippen LogP contribution in [0.25, 0.3) is 0 Å². The summed E-state index contributed by atoms with van der Waals surface area (Å²) in [5, 5.41) is 17.4. The molecule has 0 spiro atoms. The number of carbonyl (C=O) groups is 1. The minimum atomic E-state index is -0.783. The zero-order valence-corrected chi connectivity index (χ0v) is 11.0. The van der Waals surface area contributed by atoms with Crippen molar-refractivity contribution in [1.82, 2.24) is 4.98 Å². The van der Waals surface area contributed by atoms with Gasteiger partial charge in [0.05, 0.1) is 12.1 Å². The molecule has 0 bridgehead atoms. The van der Waals surface area contributed by atoms with E-state index in [9.17, 15) is 4.79 Å². The number of carbonyl (C=O) groups excluding carboxylic acids is 1. The van der Waals surface area contributed by atoms with E-state index in [0.29, 0.717) is 6.29 Å². The molecule has 1 heterocycles. The first-order chi connectivity index (χ1) is 7.33. The van der Waals surface area contributed by atoms with Gasteiger partial charge in [-0.15, -0.1) is 0 Å². The summed E-state index contributed by atoms with van der Waals surface area (Å²) >= 11 is 0. The molecule has 1 aromatic heterocycles. The van der Waals surface area contributed by atoms with Crippen LogP contribution in [-0.2, 0) is 4.79 Å². The van der Waals surface area contributed by atoms with E-state index in [1.165, 1.54) is 0 Å². The van der Waals surface area contributed by atoms with Crippen molar-refractivity contribution in [1.29, 1.82) is 10.5 Å². The Kier molecular flexibility index (Phi) is 7.41. The van der Waals surface area contributed by atoms with Gasteiger partial charge in [-0.25, -0.2) is 0 Å². The van der Waals surface area contributed by atoms with Gasteiger partial charge in [-0.05, 0) is 11.6 Å². The van der Waals surface area contributed by atoms with Crippen LogP contribution < -0.4 is 0 Å². The van der Waals surface area contributed by atoms with E-state index in [-0.39, 0.29) is 41.9 Å². The summed E-state index contributed by atoms with van der Waals surface area (Å²) in [6.45, 7) is 0. The van der Waals surface area contributed by atoms with Gasteiger partial charge in [-0.3, -0.25) is 4.98 Å². The summed E-state index contributed by atoms with van der Waals surface area (Å²) in [4.78, 5) is 14.6. The van der Waals surface area contributed by atoms with Crippen LogP contribution in [0, 0.1) is 28.6 Å². The first-order valence-corrected chi connectivity index (χ1v) is 4.45. The molecular weight excluding hydrogens is 213 g/mol. The van der Waals surface area contributed by atoms with Gasteiger partial charge in [-0.1, -0.05) is 6.07 Å². The van der Waals surface area contributed by atoms with E-state index in [4.69, 9.17) is 10.5 Å². The second-order valence-corrected chi connectivity index (χ2v) is 3.05. The third-order valence-electron chi connectivity index (χ3n) is 2.15. The standard InChI is InChI=1S/C11H9N3O.Na/c12-4-3-11(10(6-13)8-15)9-2-1-5-14-7-9;/h1-2,5,7-8,10-11H,3H2;. The number of hydrogen-bond donors (Lipinski definition) is 0. The molecular formula is C11H9N3NaO. The van der Waals surface area contributed by atoms with Crippen molar-refractivity contribution in [3.8, 4) is 12.1 Å². The van der Waals surface area contributed by atoms with Crippen LogP contribution in [0.15, 0.2) is 24.5 Å². The van der Waals surface area contributed by atoms with Gasteiger partial charge in [0.15, 0.2) is 0 Å². The fraction of sp³-hybridized carbons (Fsp3) is 0.273. The quantitative estimate of drug-likeness (QED) is 0.563. The maximum Gasteiger partial charge on any atom is 0.137 e. The van der Waals surface area contributed by atoms with Crippen LogP contribution in [0.4, 0.5) is 0 Å². The average molecular weight is 222 g/mol. The minimum absolute atomic E-state index is 0. The molecule has 1 rings (SSSR count). The molecule has 0 saturated carbocycles. The Morgan fingerprint density at radius 3 is 2.69 bits per heavy atom. The van der Waals surface area contributed by atoms with E-state index < -0.39 is 5.92 Å². The monoisotopic (exact) mass is 222 g/mol. The predicted octanol–water partition coefficient (Wildman–Crippen LogP) is 1.04. The topological polar surface area (TPSA) is 77.5 Å². The molecule has 0 N–H and O–H groups in total. The zero-order valence-electron chi connectivity index (χ0n) is 9.00. The third kappa shape index (κ3) is 3.75. The summed E-state index contributed by atoms with van der Waals surface area (Å²) < 4.78 is 0. The number of pyridine rings is 1. The van der Waals surface area contributed by atoms with Gasteiger partial charge in [0.25, 0.3) is 0 Å². The normalized spacial score (nSPS) is 12.4. The average Bonchev–Trinajstić information content (AvgIpc) is 2.30. The number of nitrogens with zero attached hydrogens (tertiary/aromatic N) is 3. The van der Waals surface area contributed by atoms with Crippen molar-refractivity contribution in [3.05, 3.63) is 30.1 Å². The van der Waals surface area contributed by atoms with Crippen LogP contribution in [-0.4, -0.2) is 40.8 Å². The van der Waals surface area contributed by atoms with E-state index in [2.05, 4.69) is 4.98 Å². The van der Waals surface area contributed by atoms with Crippen molar-refractivity contribution >= 4 is 35.8 Å². The van der Waals surface area contributed by atoms with Gasteiger partial charge in [0.2, 0.25) is 0 Å². The molecule has 16 heavy (non-hydrogen) atoms. The maximum atomic E-state index is 10.7. The van der Waals surface area contributed by atoms with Crippen molar-refractivity contribution in [3.63, 3.8) is 0 Å². The van der Waals surface area contributed by atoms with Gasteiger partial charge < -0.3 is 4.79 Å². The number of rotatable bonds is 4. The Hall–Kier alpha value is -1.20. The molecule has 0 aliphatic heterocycles. The number of aromatic nitrogens is 1. The van der Waals surface area contributed by atoms with Crippen LogP contribution in [0.1, 0.15) is 17.9 Å². The number of hydrogen-bond acceptors (Lipinski definition) is 4. The molecule has 0 aromatic carbocycles. The molecule has 0 saturated heterocycles. The van der Waals surface area contributed by atoms with Gasteiger partial charge in [0.1, 0.15) is 12.2 Å². The predicted molar refractivity (Wildman–Crippen MR) is 58.1 cm³/mol. The van der Waals surface area contributed by atoms with Gasteiger partial charge in [-0.2, -0.15) is 10.5 Å². The number of nitriles is 2. The summed E-state index contributed by atoms with van der Waals surface area (Å²) in [7, 11) is 0. The first-order valence-electron chi connectivity index (χ1n) is 4.45. The molecule has 1 aromatic rings. The van der Waals surface area contributed by atoms with Crippen molar-refractivity contribution in [2.45, 2.75) is 12.3 Å². The molecule has 0 aliphatic rings. The molecule has 0 aliphatic carbocycles. The largest absolute Gasteiger partial charge is 0.302 e. The van der Waals surface area contributed by atoms with E-state index in [0.717, 1.165) is 5.56 Å². The second-order valence-electron chi connectivity index (χ2n) is 3.05. The smallest absolute Gasteiger partial charge is 0.137 e. The van der Waals surface area contributed by atoms with Gasteiger partial charge >= 0.3 is 0 Å². The molecule has 5 heteroatoms. The maximum absolute atomic E-state index is 10.7. The van der Waals surface area contributed by atoms with Crippen LogP contribution in [0.2, 0.25) is 0 Å². The van der Waals surface area contributed by atoms with Crippen LogP contribution >= 0.6 is 0 Å². The summed E-state index contributed by atoms with van der Waals surface area (Å²) in [5.41, 5.74) is 0.748. The van der Waals surface area contributed by atoms with Crippen LogP contribution in [0.5, 0.6) is 0 Å². The zero-order chi connectivity index (χ0) is 11.1. The molecule has 75 valence electrons. The molecule has 0 amide bonds. The fourth-order valence-corrected chi connectivity index (χ4v) is 1.36. The molecule has 2 unspecified atom stereocenters. The second kappa shape index (κ2) is 8.01. The SMILES string of the molecule is N#CCC(c1cccnc1)C(C#N)C=O.[Na]. The molecule has 1 radical (unpaired) electrons. The van der Waals surface area contributed by atoms with E-state index in [1.54, 1.807) is 24.5 Å². The van der Waals surface area contributed by atoms with Gasteiger partial charge in [0, 0.05) is 54.3 Å². The number of aldehydes is 1. The van der Waals surface area contributed by atoms with Crippen LogP contribution in [0.3, 0.4) is 0 Å². The summed E-state index contributed by atoms with van der Waals surface area (Å²) in [6.07, 6.45) is 3.91. The van der Waals surface area contributed by atoms with E-state index >= 15 is 0 Å². The Bertz CT molecular complexity index is 407. The van der Waals surface area contributed by atoms with Crippen molar-refractivity contribution in [2.24, 2.45) is 5.92 Å². The Labute approximate surface area is 116 Å². The minimum Gasteiger partial charge on any atom is -0.302 e. The fourth-order valence-electron chi connectivity index (χ4n) is 1.36. The molecule has 2 atom stereocenters. The van der Waals surface area contributed by atoms with Crippen molar-refractivity contribution in [2.75, 3.05) is 0 Å². The van der Waals surface area contributed by atoms with Crippen molar-refractivity contribution < 1.29 is 4.79 Å². The Morgan fingerprint density at radius 1 is 1.50 bits per heavy atom. The summed E-state index contributed by atoms with van der Waals surface area (Å²) in [6, 6.07) is 7.35. The molecule has 4 nitrogen and oxygen atoms in total. The first kappa shape index (κ1) is 14.8. The third-order valence-corrected chi connectivity index (χ3v) is 2.15. The Morgan fingerprint density at radius 2 is 2.25 bits per heavy atom. The Balaban J connectivity index is 0.00000225.